The van der Waals surface area contributed by atoms with Gasteiger partial charge in [-0.3, -0.25) is 0 Å². The summed E-state index contributed by atoms with van der Waals surface area (Å²) in [5, 5.41) is -0.391. The molecule has 0 heterocycles. The van der Waals surface area contributed by atoms with Crippen LogP contribution in [-0.2, 0) is 10.0 Å². The molecule has 4 nitrogen and oxygen atoms in total. The summed E-state index contributed by atoms with van der Waals surface area (Å²) in [5.74, 6) is 0. The summed E-state index contributed by atoms with van der Waals surface area (Å²) in [5.41, 5.74) is 5.49. The van der Waals surface area contributed by atoms with Gasteiger partial charge in [0, 0.05) is 12.6 Å². The third-order valence-corrected chi connectivity index (χ3v) is 4.05. The van der Waals surface area contributed by atoms with Gasteiger partial charge >= 0.3 is 0 Å². The van der Waals surface area contributed by atoms with Gasteiger partial charge in [0.2, 0.25) is 10.0 Å². The summed E-state index contributed by atoms with van der Waals surface area (Å²) in [4.78, 5) is 0. The molecule has 1 unspecified atom stereocenters. The van der Waals surface area contributed by atoms with Crippen molar-refractivity contribution >= 4 is 10.0 Å². The Morgan fingerprint density at radius 3 is 2.29 bits per heavy atom. The van der Waals surface area contributed by atoms with Crippen LogP contribution in [0.4, 0.5) is 0 Å². The van der Waals surface area contributed by atoms with Gasteiger partial charge in [0.25, 0.3) is 0 Å². The molecule has 0 rings (SSSR count). The molecule has 14 heavy (non-hydrogen) atoms. The Hall–Kier alpha value is -0.130. The summed E-state index contributed by atoms with van der Waals surface area (Å²) in [6, 6.07) is -0.109. The van der Waals surface area contributed by atoms with Gasteiger partial charge in [-0.05, 0) is 20.3 Å². The summed E-state index contributed by atoms with van der Waals surface area (Å²) in [6.45, 7) is 5.77. The van der Waals surface area contributed by atoms with Gasteiger partial charge < -0.3 is 5.73 Å². The number of sulfonamides is 1. The first-order valence-corrected chi connectivity index (χ1v) is 6.69. The maximum Gasteiger partial charge on any atom is 0.214 e. The Morgan fingerprint density at radius 2 is 1.93 bits per heavy atom. The van der Waals surface area contributed by atoms with Gasteiger partial charge in [0.1, 0.15) is 0 Å². The summed E-state index contributed by atoms with van der Waals surface area (Å²) < 4.78 is 25.6. The van der Waals surface area contributed by atoms with E-state index in [0.717, 1.165) is 19.3 Å². The lowest BCUT2D eigenvalue weighted by molar-refractivity contribution is 0.511. The van der Waals surface area contributed by atoms with Crippen molar-refractivity contribution in [3.8, 4) is 0 Å². The molecule has 5 heteroatoms. The molecule has 1 atom stereocenters. The van der Waals surface area contributed by atoms with E-state index in [9.17, 15) is 8.42 Å². The molecule has 86 valence electrons. The van der Waals surface area contributed by atoms with Crippen LogP contribution < -0.4 is 10.5 Å². The molecule has 0 aromatic heterocycles. The fraction of sp³-hybridized carbons (Fsp3) is 1.00. The standard InChI is InChI=1S/C9H22N2O2S/c1-4-5-6-9(7-10)11-14(12,13)8(2)3/h8-9,11H,4-7,10H2,1-3H3. The van der Waals surface area contributed by atoms with Gasteiger partial charge in [0.05, 0.1) is 5.25 Å². The molecule has 0 saturated carbocycles. The molecule has 3 N–H and O–H groups in total. The van der Waals surface area contributed by atoms with E-state index in [-0.39, 0.29) is 6.04 Å². The zero-order valence-electron chi connectivity index (χ0n) is 9.29. The highest BCUT2D eigenvalue weighted by molar-refractivity contribution is 7.90. The van der Waals surface area contributed by atoms with E-state index < -0.39 is 15.3 Å². The van der Waals surface area contributed by atoms with Crippen LogP contribution in [-0.4, -0.2) is 26.3 Å². The van der Waals surface area contributed by atoms with Crippen molar-refractivity contribution in [1.29, 1.82) is 0 Å². The molecule has 0 aromatic carbocycles. The highest BCUT2D eigenvalue weighted by atomic mass is 32.2. The maximum atomic E-state index is 11.5. The quantitative estimate of drug-likeness (QED) is 0.670. The first-order chi connectivity index (χ1) is 6.44. The predicted octanol–water partition coefficient (Wildman–Crippen LogP) is 0.832. The van der Waals surface area contributed by atoms with E-state index in [1.165, 1.54) is 0 Å². The zero-order valence-corrected chi connectivity index (χ0v) is 10.1. The summed E-state index contributed by atoms with van der Waals surface area (Å²) in [6.07, 6.45) is 2.88. The minimum atomic E-state index is -3.17. The van der Waals surface area contributed by atoms with Crippen LogP contribution >= 0.6 is 0 Å². The number of nitrogens with two attached hydrogens (primary N) is 1. The van der Waals surface area contributed by atoms with Crippen molar-refractivity contribution < 1.29 is 8.42 Å². The molecule has 0 aromatic rings. The molecule has 0 aliphatic heterocycles. The summed E-state index contributed by atoms with van der Waals surface area (Å²) >= 11 is 0. The van der Waals surface area contributed by atoms with Crippen LogP contribution in [0.3, 0.4) is 0 Å². The van der Waals surface area contributed by atoms with E-state index in [2.05, 4.69) is 11.6 Å². The zero-order chi connectivity index (χ0) is 11.2. The molecule has 0 amide bonds. The first kappa shape index (κ1) is 13.9. The van der Waals surface area contributed by atoms with E-state index >= 15 is 0 Å². The second kappa shape index (κ2) is 6.37. The minimum absolute atomic E-state index is 0.109. The predicted molar refractivity (Wildman–Crippen MR) is 59.6 cm³/mol. The molecule has 0 spiro atoms. The lowest BCUT2D eigenvalue weighted by Crippen LogP contribution is -2.43. The first-order valence-electron chi connectivity index (χ1n) is 5.15. The van der Waals surface area contributed by atoms with Crippen molar-refractivity contribution in [2.75, 3.05) is 6.54 Å². The van der Waals surface area contributed by atoms with Gasteiger partial charge in [0.15, 0.2) is 0 Å². The fourth-order valence-electron chi connectivity index (χ4n) is 1.04. The molecular formula is C9H22N2O2S. The third-order valence-electron chi connectivity index (χ3n) is 2.14. The molecule has 0 fully saturated rings. The monoisotopic (exact) mass is 222 g/mol. The Labute approximate surface area is 87.3 Å². The van der Waals surface area contributed by atoms with Crippen molar-refractivity contribution in [2.24, 2.45) is 5.73 Å². The Balaban J connectivity index is 4.17. The number of unbranched alkanes of at least 4 members (excludes halogenated alkanes) is 1. The topological polar surface area (TPSA) is 72.2 Å². The lowest BCUT2D eigenvalue weighted by atomic mass is 10.1. The Bertz CT molecular complexity index is 237. The van der Waals surface area contributed by atoms with Crippen LogP contribution in [0.2, 0.25) is 0 Å². The minimum Gasteiger partial charge on any atom is -0.329 e. The van der Waals surface area contributed by atoms with E-state index in [1.54, 1.807) is 13.8 Å². The van der Waals surface area contributed by atoms with Crippen molar-refractivity contribution in [1.82, 2.24) is 4.72 Å². The van der Waals surface area contributed by atoms with E-state index in [0.29, 0.717) is 6.54 Å². The maximum absolute atomic E-state index is 11.5. The third kappa shape index (κ3) is 4.93. The van der Waals surface area contributed by atoms with Gasteiger partial charge in [-0.25, -0.2) is 13.1 Å². The van der Waals surface area contributed by atoms with Gasteiger partial charge in [-0.1, -0.05) is 19.8 Å². The molecule has 0 aliphatic carbocycles. The summed E-state index contributed by atoms with van der Waals surface area (Å²) in [7, 11) is -3.17. The molecule has 0 bridgehead atoms. The van der Waals surface area contributed by atoms with Crippen LogP contribution in [0.1, 0.15) is 40.0 Å². The number of rotatable bonds is 7. The molecular weight excluding hydrogens is 200 g/mol. The lowest BCUT2D eigenvalue weighted by Gasteiger charge is -2.18. The largest absolute Gasteiger partial charge is 0.329 e. The number of hydrogen-bond donors (Lipinski definition) is 2. The van der Waals surface area contributed by atoms with Crippen LogP contribution in [0.15, 0.2) is 0 Å². The van der Waals surface area contributed by atoms with Crippen molar-refractivity contribution in [3.05, 3.63) is 0 Å². The molecule has 0 radical (unpaired) electrons. The highest BCUT2D eigenvalue weighted by Gasteiger charge is 2.19. The SMILES string of the molecule is CCCCC(CN)NS(=O)(=O)C(C)C. The fourth-order valence-corrected chi connectivity index (χ4v) is 1.99. The van der Waals surface area contributed by atoms with Gasteiger partial charge in [-0.15, -0.1) is 0 Å². The van der Waals surface area contributed by atoms with Crippen LogP contribution in [0.25, 0.3) is 0 Å². The Morgan fingerprint density at radius 1 is 1.36 bits per heavy atom. The average molecular weight is 222 g/mol. The van der Waals surface area contributed by atoms with Crippen LogP contribution in [0.5, 0.6) is 0 Å². The molecule has 0 saturated heterocycles. The molecule has 0 aliphatic rings. The Kier molecular flexibility index (Phi) is 6.31. The number of hydrogen-bond acceptors (Lipinski definition) is 3. The normalized spacial score (nSPS) is 14.6. The number of nitrogens with one attached hydrogen (secondary N) is 1. The smallest absolute Gasteiger partial charge is 0.214 e. The second-order valence-corrected chi connectivity index (χ2v) is 6.05. The van der Waals surface area contributed by atoms with Crippen molar-refractivity contribution in [2.45, 2.75) is 51.3 Å². The highest BCUT2D eigenvalue weighted by Crippen LogP contribution is 2.03. The van der Waals surface area contributed by atoms with E-state index in [1.807, 2.05) is 0 Å². The van der Waals surface area contributed by atoms with Gasteiger partial charge in [-0.2, -0.15) is 0 Å². The second-order valence-electron chi connectivity index (χ2n) is 3.79. The van der Waals surface area contributed by atoms with Crippen LogP contribution in [0, 0.1) is 0 Å². The van der Waals surface area contributed by atoms with E-state index in [4.69, 9.17) is 5.73 Å². The average Bonchev–Trinajstić information content (AvgIpc) is 2.11. The van der Waals surface area contributed by atoms with Crippen molar-refractivity contribution in [3.63, 3.8) is 0 Å².